The molecule has 1 aliphatic heterocycles. The third-order valence-corrected chi connectivity index (χ3v) is 5.02. The Kier molecular flexibility index (Phi) is 4.55. The average molecular weight is 330 g/mol. The van der Waals surface area contributed by atoms with Gasteiger partial charge in [0.25, 0.3) is 0 Å². The van der Waals surface area contributed by atoms with Gasteiger partial charge in [0.1, 0.15) is 0 Å². The van der Waals surface area contributed by atoms with Gasteiger partial charge in [0.15, 0.2) is 0 Å². The maximum atomic E-state index is 12.4. The number of likely N-dealkylation sites (tertiary alicyclic amines) is 1. The van der Waals surface area contributed by atoms with Crippen LogP contribution >= 0.6 is 0 Å². The molecule has 24 heavy (non-hydrogen) atoms. The fourth-order valence-corrected chi connectivity index (χ4v) is 3.70. The van der Waals surface area contributed by atoms with Crippen LogP contribution in [0, 0.1) is 12.8 Å². The Morgan fingerprint density at radius 1 is 1.25 bits per heavy atom. The molecule has 2 fully saturated rings. The molecule has 6 nitrogen and oxygen atoms in total. The molecule has 0 radical (unpaired) electrons. The summed E-state index contributed by atoms with van der Waals surface area (Å²) in [6.45, 7) is 2.18. The highest BCUT2D eigenvalue weighted by atomic mass is 16.4. The van der Waals surface area contributed by atoms with Crippen LogP contribution in [0.4, 0.5) is 5.69 Å². The molecule has 1 unspecified atom stereocenters. The van der Waals surface area contributed by atoms with Crippen LogP contribution in [0.3, 0.4) is 0 Å². The molecule has 2 aliphatic rings. The SMILES string of the molecule is Cc1cc(NC(=O)C2CC(=O)N(C3CCCC3)C2)ccc1C(=O)O. The number of carboxylic acids is 1. The number of anilines is 1. The van der Waals surface area contributed by atoms with Crippen LogP contribution in [0.15, 0.2) is 18.2 Å². The quantitative estimate of drug-likeness (QED) is 0.887. The van der Waals surface area contributed by atoms with E-state index in [1.807, 2.05) is 4.90 Å². The number of carbonyl (C=O) groups is 3. The van der Waals surface area contributed by atoms with E-state index in [9.17, 15) is 14.4 Å². The van der Waals surface area contributed by atoms with E-state index in [2.05, 4.69) is 5.32 Å². The van der Waals surface area contributed by atoms with Gasteiger partial charge in [0.2, 0.25) is 11.8 Å². The molecule has 1 heterocycles. The number of aryl methyl sites for hydroxylation is 1. The summed E-state index contributed by atoms with van der Waals surface area (Å²) in [6, 6.07) is 5.01. The van der Waals surface area contributed by atoms with Crippen LogP contribution in [0.5, 0.6) is 0 Å². The third kappa shape index (κ3) is 3.27. The fourth-order valence-electron chi connectivity index (χ4n) is 3.70. The van der Waals surface area contributed by atoms with Crippen molar-refractivity contribution in [1.29, 1.82) is 0 Å². The molecule has 1 saturated heterocycles. The number of carbonyl (C=O) groups excluding carboxylic acids is 2. The van der Waals surface area contributed by atoms with Gasteiger partial charge in [0, 0.05) is 24.7 Å². The zero-order chi connectivity index (χ0) is 17.3. The van der Waals surface area contributed by atoms with Crippen LogP contribution < -0.4 is 5.32 Å². The maximum Gasteiger partial charge on any atom is 0.335 e. The highest BCUT2D eigenvalue weighted by Gasteiger charge is 2.38. The summed E-state index contributed by atoms with van der Waals surface area (Å²) in [5, 5.41) is 11.9. The lowest BCUT2D eigenvalue weighted by molar-refractivity contribution is -0.129. The molecule has 3 rings (SSSR count). The number of benzene rings is 1. The Morgan fingerprint density at radius 3 is 2.58 bits per heavy atom. The molecule has 128 valence electrons. The largest absolute Gasteiger partial charge is 0.478 e. The van der Waals surface area contributed by atoms with Crippen LogP contribution in [0.2, 0.25) is 0 Å². The van der Waals surface area contributed by atoms with Gasteiger partial charge < -0.3 is 15.3 Å². The summed E-state index contributed by atoms with van der Waals surface area (Å²) in [7, 11) is 0. The molecule has 1 aromatic carbocycles. The molecule has 1 aliphatic carbocycles. The number of amides is 2. The van der Waals surface area contributed by atoms with E-state index in [4.69, 9.17) is 5.11 Å². The molecule has 0 spiro atoms. The molecule has 0 aromatic heterocycles. The monoisotopic (exact) mass is 330 g/mol. The topological polar surface area (TPSA) is 86.7 Å². The van der Waals surface area contributed by atoms with Crippen molar-refractivity contribution in [1.82, 2.24) is 4.90 Å². The summed E-state index contributed by atoms with van der Waals surface area (Å²) in [5.74, 6) is -1.43. The lowest BCUT2D eigenvalue weighted by atomic mass is 10.1. The number of hydrogen-bond acceptors (Lipinski definition) is 3. The van der Waals surface area contributed by atoms with Crippen molar-refractivity contribution < 1.29 is 19.5 Å². The second-order valence-corrected chi connectivity index (χ2v) is 6.71. The minimum Gasteiger partial charge on any atom is -0.478 e. The van der Waals surface area contributed by atoms with E-state index in [1.54, 1.807) is 19.1 Å². The number of carboxylic acid groups (broad SMARTS) is 1. The molecule has 1 aromatic rings. The van der Waals surface area contributed by atoms with Gasteiger partial charge in [-0.05, 0) is 43.5 Å². The number of hydrogen-bond donors (Lipinski definition) is 2. The van der Waals surface area contributed by atoms with Gasteiger partial charge in [-0.3, -0.25) is 9.59 Å². The van der Waals surface area contributed by atoms with Crippen LogP contribution in [0.25, 0.3) is 0 Å². The van der Waals surface area contributed by atoms with E-state index in [-0.39, 0.29) is 29.7 Å². The highest BCUT2D eigenvalue weighted by Crippen LogP contribution is 2.30. The van der Waals surface area contributed by atoms with Gasteiger partial charge in [-0.25, -0.2) is 4.79 Å². The molecule has 0 bridgehead atoms. The van der Waals surface area contributed by atoms with Crippen molar-refractivity contribution in [3.63, 3.8) is 0 Å². The summed E-state index contributed by atoms with van der Waals surface area (Å²) >= 11 is 0. The zero-order valence-electron chi connectivity index (χ0n) is 13.7. The smallest absolute Gasteiger partial charge is 0.335 e. The van der Waals surface area contributed by atoms with Crippen LogP contribution in [-0.2, 0) is 9.59 Å². The average Bonchev–Trinajstić information content (AvgIpc) is 3.15. The van der Waals surface area contributed by atoms with Crippen LogP contribution in [0.1, 0.15) is 48.0 Å². The van der Waals surface area contributed by atoms with E-state index < -0.39 is 5.97 Å². The summed E-state index contributed by atoms with van der Waals surface area (Å²) in [6.07, 6.45) is 4.64. The first kappa shape index (κ1) is 16.5. The van der Waals surface area contributed by atoms with Crippen molar-refractivity contribution in [2.45, 2.75) is 45.1 Å². The highest BCUT2D eigenvalue weighted by molar-refractivity contribution is 5.98. The second-order valence-electron chi connectivity index (χ2n) is 6.71. The van der Waals surface area contributed by atoms with Gasteiger partial charge in [0.05, 0.1) is 11.5 Å². The third-order valence-electron chi connectivity index (χ3n) is 5.02. The first-order chi connectivity index (χ1) is 11.5. The second kappa shape index (κ2) is 6.63. The predicted molar refractivity (Wildman–Crippen MR) is 88.8 cm³/mol. The molecular formula is C18H22N2O4. The van der Waals surface area contributed by atoms with E-state index in [1.165, 1.54) is 6.07 Å². The molecule has 6 heteroatoms. The van der Waals surface area contributed by atoms with E-state index in [0.29, 0.717) is 23.8 Å². The minimum absolute atomic E-state index is 0.0689. The van der Waals surface area contributed by atoms with E-state index >= 15 is 0 Å². The molecule has 2 amide bonds. The minimum atomic E-state index is -0.987. The van der Waals surface area contributed by atoms with Gasteiger partial charge in [-0.1, -0.05) is 12.8 Å². The van der Waals surface area contributed by atoms with E-state index in [0.717, 1.165) is 25.7 Å². The summed E-state index contributed by atoms with van der Waals surface area (Å²) < 4.78 is 0. The van der Waals surface area contributed by atoms with Crippen molar-refractivity contribution in [3.05, 3.63) is 29.3 Å². The standard InChI is InChI=1S/C18H22N2O4/c1-11-8-13(6-7-15(11)18(23)24)19-17(22)12-9-16(21)20(10-12)14-4-2-3-5-14/h6-8,12,14H,2-5,9-10H2,1H3,(H,19,22)(H,23,24). The first-order valence-electron chi connectivity index (χ1n) is 8.40. The Labute approximate surface area is 140 Å². The molecule has 2 N–H and O–H groups in total. The Balaban J connectivity index is 1.64. The Hall–Kier alpha value is -2.37. The van der Waals surface area contributed by atoms with Crippen LogP contribution in [-0.4, -0.2) is 40.4 Å². The van der Waals surface area contributed by atoms with Gasteiger partial charge >= 0.3 is 5.97 Å². The summed E-state index contributed by atoms with van der Waals surface area (Å²) in [4.78, 5) is 37.5. The van der Waals surface area contributed by atoms with Crippen molar-refractivity contribution >= 4 is 23.5 Å². The number of aromatic carboxylic acids is 1. The predicted octanol–water partition coefficient (Wildman–Crippen LogP) is 2.42. The zero-order valence-corrected chi connectivity index (χ0v) is 13.7. The number of nitrogens with one attached hydrogen (secondary N) is 1. The number of rotatable bonds is 4. The number of nitrogens with zero attached hydrogens (tertiary/aromatic N) is 1. The Bertz CT molecular complexity index is 680. The van der Waals surface area contributed by atoms with Crippen molar-refractivity contribution in [2.24, 2.45) is 5.92 Å². The lowest BCUT2D eigenvalue weighted by Crippen LogP contribution is -2.35. The molecule has 1 saturated carbocycles. The summed E-state index contributed by atoms with van der Waals surface area (Å²) in [5.41, 5.74) is 1.38. The van der Waals surface area contributed by atoms with Gasteiger partial charge in [-0.15, -0.1) is 0 Å². The van der Waals surface area contributed by atoms with Crippen molar-refractivity contribution in [2.75, 3.05) is 11.9 Å². The first-order valence-corrected chi connectivity index (χ1v) is 8.40. The van der Waals surface area contributed by atoms with Crippen molar-refractivity contribution in [3.8, 4) is 0 Å². The molecular weight excluding hydrogens is 308 g/mol. The molecule has 1 atom stereocenters. The fraction of sp³-hybridized carbons (Fsp3) is 0.500. The normalized spacial score (nSPS) is 21.3. The van der Waals surface area contributed by atoms with Gasteiger partial charge in [-0.2, -0.15) is 0 Å². The lowest BCUT2D eigenvalue weighted by Gasteiger charge is -2.23. The maximum absolute atomic E-state index is 12.4. The Morgan fingerprint density at radius 2 is 1.96 bits per heavy atom.